The van der Waals surface area contributed by atoms with Gasteiger partial charge in [-0.15, -0.1) is 0 Å². The second kappa shape index (κ2) is 9.44. The van der Waals surface area contributed by atoms with Gasteiger partial charge in [-0.2, -0.15) is 0 Å². The van der Waals surface area contributed by atoms with Crippen LogP contribution in [0.15, 0.2) is 53.4 Å². The second-order valence-corrected chi connectivity index (χ2v) is 9.52. The molecule has 0 saturated heterocycles. The predicted octanol–water partition coefficient (Wildman–Crippen LogP) is 4.57. The zero-order chi connectivity index (χ0) is 25.3. The number of aromatic nitrogens is 1. The van der Waals surface area contributed by atoms with Gasteiger partial charge in [0.2, 0.25) is 5.88 Å². The van der Waals surface area contributed by atoms with E-state index in [0.29, 0.717) is 16.9 Å². The number of fused-ring (bicyclic) bond motifs is 1. The van der Waals surface area contributed by atoms with Gasteiger partial charge in [0, 0.05) is 11.6 Å². The van der Waals surface area contributed by atoms with Crippen LogP contribution in [0.3, 0.4) is 0 Å². The molecule has 1 unspecified atom stereocenters. The third-order valence-corrected chi connectivity index (χ3v) is 7.41. The van der Waals surface area contributed by atoms with Gasteiger partial charge in [0.1, 0.15) is 21.5 Å². The van der Waals surface area contributed by atoms with Gasteiger partial charge in [-0.1, -0.05) is 23.7 Å². The van der Waals surface area contributed by atoms with Crippen molar-refractivity contribution in [2.24, 2.45) is 0 Å². The number of carbonyl (C=O) groups excluding carboxylic acids is 1. The molecule has 35 heavy (non-hydrogen) atoms. The van der Waals surface area contributed by atoms with E-state index in [-0.39, 0.29) is 39.7 Å². The molecule has 9 nitrogen and oxygen atoms in total. The zero-order valence-corrected chi connectivity index (χ0v) is 20.6. The maximum Gasteiger partial charge on any atom is 0.274 e. The van der Waals surface area contributed by atoms with Crippen LogP contribution in [0.2, 0.25) is 5.15 Å². The average Bonchev–Trinajstić information content (AvgIpc) is 3.15. The fourth-order valence-corrected chi connectivity index (χ4v) is 5.67. The van der Waals surface area contributed by atoms with E-state index in [4.69, 9.17) is 32.4 Å². The quantitative estimate of drug-likeness (QED) is 0.337. The molecule has 1 aliphatic rings. The van der Waals surface area contributed by atoms with Gasteiger partial charge >= 0.3 is 0 Å². The Bertz CT molecular complexity index is 1470. The highest BCUT2D eigenvalue weighted by molar-refractivity contribution is 7.93. The number of ether oxygens (including phenoxy) is 3. The van der Waals surface area contributed by atoms with Crippen LogP contribution >= 0.6 is 11.6 Å². The molecule has 0 N–H and O–H groups in total. The zero-order valence-electron chi connectivity index (χ0n) is 19.0. The number of nitrogens with zero attached hydrogens (tertiary/aromatic N) is 3. The topological polar surface area (TPSA) is 99.4 Å². The molecular weight excluding hydrogens is 494 g/mol. The van der Waals surface area contributed by atoms with Crippen molar-refractivity contribution in [3.63, 3.8) is 0 Å². The number of hydrogen-bond donors (Lipinski definition) is 0. The molecule has 0 bridgehead atoms. The van der Waals surface area contributed by atoms with Crippen LogP contribution in [0.25, 0.3) is 4.85 Å². The molecule has 1 aromatic heterocycles. The molecule has 11 heteroatoms. The SMILES string of the molecule is [C-]#[N+]c1ccc2c(c1)C(c1ccc(Cl)nc1OCC)C(=O)N2S(=O)(=O)c1ccc(OC)cc1OC. The first-order valence-corrected chi connectivity index (χ1v) is 12.2. The lowest BCUT2D eigenvalue weighted by atomic mass is 9.93. The average molecular weight is 514 g/mol. The number of pyridine rings is 1. The van der Waals surface area contributed by atoms with E-state index in [1.165, 1.54) is 56.7 Å². The Morgan fingerprint density at radius 1 is 1.09 bits per heavy atom. The van der Waals surface area contributed by atoms with Crippen LogP contribution in [-0.2, 0) is 14.8 Å². The number of anilines is 1. The molecule has 4 rings (SSSR count). The maximum atomic E-state index is 13.8. The van der Waals surface area contributed by atoms with Crippen molar-refractivity contribution in [3.05, 3.63) is 76.2 Å². The number of benzene rings is 2. The summed E-state index contributed by atoms with van der Waals surface area (Å²) in [4.78, 5) is 21.2. The Balaban J connectivity index is 1.94. The standard InChI is InChI=1S/C24H20ClN3O6S/c1-5-34-23-16(8-11-21(25)27-23)22-17-12-14(26-2)6-9-18(17)28(24(22)29)35(30,31)20-10-7-15(32-3)13-19(20)33-4/h6-13,22H,5H2,1,3-4H3. The molecule has 0 spiro atoms. The summed E-state index contributed by atoms with van der Waals surface area (Å²) >= 11 is 6.04. The number of amides is 1. The lowest BCUT2D eigenvalue weighted by Crippen LogP contribution is -2.35. The Labute approximate surface area is 207 Å². The van der Waals surface area contributed by atoms with Crippen molar-refractivity contribution in [1.82, 2.24) is 4.98 Å². The summed E-state index contributed by atoms with van der Waals surface area (Å²) in [6.45, 7) is 9.39. The van der Waals surface area contributed by atoms with E-state index in [9.17, 15) is 13.2 Å². The van der Waals surface area contributed by atoms with Crippen LogP contribution in [0.1, 0.15) is 24.0 Å². The molecule has 2 heterocycles. The first-order valence-electron chi connectivity index (χ1n) is 10.4. The van der Waals surface area contributed by atoms with Crippen LogP contribution in [0, 0.1) is 6.57 Å². The molecule has 0 fully saturated rings. The third kappa shape index (κ3) is 4.13. The van der Waals surface area contributed by atoms with Gasteiger partial charge in [-0.05, 0) is 42.8 Å². The smallest absolute Gasteiger partial charge is 0.274 e. The molecule has 180 valence electrons. The highest BCUT2D eigenvalue weighted by Crippen LogP contribution is 2.48. The van der Waals surface area contributed by atoms with Crippen LogP contribution in [0.5, 0.6) is 17.4 Å². The molecule has 0 aliphatic carbocycles. The fraction of sp³-hybridized carbons (Fsp3) is 0.208. The summed E-state index contributed by atoms with van der Waals surface area (Å²) in [7, 11) is -1.66. The number of rotatable bonds is 7. The van der Waals surface area contributed by atoms with Gasteiger partial charge in [-0.25, -0.2) is 22.6 Å². The van der Waals surface area contributed by atoms with E-state index in [1.54, 1.807) is 13.0 Å². The third-order valence-electron chi connectivity index (χ3n) is 5.45. The van der Waals surface area contributed by atoms with E-state index in [1.807, 2.05) is 0 Å². The number of carbonyl (C=O) groups is 1. The minimum atomic E-state index is -4.42. The minimum absolute atomic E-state index is 0.0168. The fourth-order valence-electron chi connectivity index (χ4n) is 3.93. The van der Waals surface area contributed by atoms with Crippen LogP contribution < -0.4 is 18.5 Å². The normalized spacial score (nSPS) is 14.9. The summed E-state index contributed by atoms with van der Waals surface area (Å²) < 4.78 is 44.5. The molecular formula is C24H20ClN3O6S. The highest BCUT2D eigenvalue weighted by Gasteiger charge is 2.47. The van der Waals surface area contributed by atoms with Crippen LogP contribution in [-0.4, -0.2) is 40.1 Å². The van der Waals surface area contributed by atoms with E-state index < -0.39 is 21.8 Å². The van der Waals surface area contributed by atoms with Gasteiger partial charge in [0.05, 0.1) is 39.0 Å². The van der Waals surface area contributed by atoms with Crippen molar-refractivity contribution in [2.45, 2.75) is 17.7 Å². The van der Waals surface area contributed by atoms with Crippen molar-refractivity contribution in [2.75, 3.05) is 25.1 Å². The van der Waals surface area contributed by atoms with Crippen molar-refractivity contribution < 1.29 is 27.4 Å². The number of hydrogen-bond acceptors (Lipinski definition) is 7. The Morgan fingerprint density at radius 2 is 1.86 bits per heavy atom. The largest absolute Gasteiger partial charge is 0.497 e. The number of halogens is 1. The van der Waals surface area contributed by atoms with Crippen molar-refractivity contribution in [3.8, 4) is 17.4 Å². The van der Waals surface area contributed by atoms with E-state index in [2.05, 4.69) is 9.83 Å². The summed E-state index contributed by atoms with van der Waals surface area (Å²) in [5, 5.41) is 0.158. The van der Waals surface area contributed by atoms with Crippen molar-refractivity contribution >= 4 is 38.9 Å². The van der Waals surface area contributed by atoms with Gasteiger partial charge in [0.15, 0.2) is 5.69 Å². The molecule has 1 aliphatic heterocycles. The Hall–Kier alpha value is -3.81. The molecule has 2 aromatic carbocycles. The van der Waals surface area contributed by atoms with Gasteiger partial charge < -0.3 is 14.2 Å². The molecule has 1 atom stereocenters. The Kier molecular flexibility index (Phi) is 6.56. The summed E-state index contributed by atoms with van der Waals surface area (Å²) in [6, 6.07) is 11.7. The molecule has 0 radical (unpaired) electrons. The Morgan fingerprint density at radius 3 is 2.51 bits per heavy atom. The predicted molar refractivity (Wildman–Crippen MR) is 129 cm³/mol. The first kappa shape index (κ1) is 24.3. The number of sulfonamides is 1. The molecule has 0 saturated carbocycles. The minimum Gasteiger partial charge on any atom is -0.497 e. The summed E-state index contributed by atoms with van der Waals surface area (Å²) in [5.41, 5.74) is 1.05. The molecule has 3 aromatic rings. The maximum absolute atomic E-state index is 13.8. The van der Waals surface area contributed by atoms with E-state index >= 15 is 0 Å². The lowest BCUT2D eigenvalue weighted by Gasteiger charge is -2.20. The van der Waals surface area contributed by atoms with E-state index in [0.717, 1.165) is 4.31 Å². The van der Waals surface area contributed by atoms with Crippen molar-refractivity contribution in [1.29, 1.82) is 0 Å². The van der Waals surface area contributed by atoms with Crippen LogP contribution in [0.4, 0.5) is 11.4 Å². The lowest BCUT2D eigenvalue weighted by molar-refractivity contribution is -0.117. The number of methoxy groups -OCH3 is 2. The molecule has 1 amide bonds. The summed E-state index contributed by atoms with van der Waals surface area (Å²) in [5.74, 6) is -1.31. The highest BCUT2D eigenvalue weighted by atomic mass is 35.5. The second-order valence-electron chi connectivity index (χ2n) is 7.37. The summed E-state index contributed by atoms with van der Waals surface area (Å²) in [6.07, 6.45) is 0. The first-order chi connectivity index (χ1) is 16.8. The van der Waals surface area contributed by atoms with Gasteiger partial charge in [0.25, 0.3) is 15.9 Å². The monoisotopic (exact) mass is 513 g/mol. The van der Waals surface area contributed by atoms with Gasteiger partial charge in [-0.3, -0.25) is 4.79 Å².